The normalized spacial score (nSPS) is 20.0. The van der Waals surface area contributed by atoms with Gasteiger partial charge in [0.25, 0.3) is 5.72 Å². The minimum Gasteiger partial charge on any atom is -0.360 e. The van der Waals surface area contributed by atoms with Gasteiger partial charge in [-0.3, -0.25) is 0 Å². The van der Waals surface area contributed by atoms with Gasteiger partial charge in [0.2, 0.25) is 0 Å². The quantitative estimate of drug-likeness (QED) is 0.667. The standard InChI is InChI=1S/C20H16F3NO/c1-12-7-3-4-8-14(12)16-11-19(25,20(21,22)23)24-17-10-6-5-9-15(17)13(2)18(16)24/h3-11,25H,1-2H3. The molecule has 1 N–H and O–H groups in total. The van der Waals surface area contributed by atoms with Gasteiger partial charge in [-0.15, -0.1) is 0 Å². The molecule has 0 amide bonds. The number of halogens is 3. The highest BCUT2D eigenvalue weighted by Crippen LogP contribution is 2.50. The molecule has 2 heterocycles. The van der Waals surface area contributed by atoms with Crippen molar-refractivity contribution in [3.05, 3.63) is 77.0 Å². The molecule has 1 atom stereocenters. The van der Waals surface area contributed by atoms with Crippen molar-refractivity contribution in [2.24, 2.45) is 0 Å². The summed E-state index contributed by atoms with van der Waals surface area (Å²) in [5, 5.41) is 11.4. The van der Waals surface area contributed by atoms with E-state index in [2.05, 4.69) is 0 Å². The van der Waals surface area contributed by atoms with E-state index in [1.807, 2.05) is 19.1 Å². The largest absolute Gasteiger partial charge is 0.441 e. The van der Waals surface area contributed by atoms with Crippen LogP contribution in [0, 0.1) is 13.8 Å². The van der Waals surface area contributed by atoms with Crippen molar-refractivity contribution in [3.8, 4) is 0 Å². The highest BCUT2D eigenvalue weighted by Gasteiger charge is 2.58. The second kappa shape index (κ2) is 4.99. The predicted octanol–water partition coefficient (Wildman–Crippen LogP) is 4.91. The van der Waals surface area contributed by atoms with Crippen LogP contribution in [0.2, 0.25) is 0 Å². The third-order valence-electron chi connectivity index (χ3n) is 4.92. The average Bonchev–Trinajstić information content (AvgIpc) is 3.04. The summed E-state index contributed by atoms with van der Waals surface area (Å²) in [5.74, 6) is 0. The van der Waals surface area contributed by atoms with E-state index in [0.717, 1.165) is 21.8 Å². The van der Waals surface area contributed by atoms with Crippen LogP contribution in [0.5, 0.6) is 0 Å². The Labute approximate surface area is 142 Å². The first-order valence-electron chi connectivity index (χ1n) is 7.94. The fourth-order valence-electron chi connectivity index (χ4n) is 3.70. The van der Waals surface area contributed by atoms with Gasteiger partial charge in [0.05, 0.1) is 11.2 Å². The number of hydrogen-bond donors (Lipinski definition) is 1. The Balaban J connectivity index is 2.14. The zero-order valence-corrected chi connectivity index (χ0v) is 13.7. The van der Waals surface area contributed by atoms with Gasteiger partial charge in [-0.05, 0) is 42.7 Å². The topological polar surface area (TPSA) is 25.2 Å². The fourth-order valence-corrected chi connectivity index (χ4v) is 3.70. The summed E-state index contributed by atoms with van der Waals surface area (Å²) in [6.45, 7) is 3.64. The molecule has 1 unspecified atom stereocenters. The predicted molar refractivity (Wildman–Crippen MR) is 91.2 cm³/mol. The number of aromatic nitrogens is 1. The number of rotatable bonds is 1. The molecule has 0 radical (unpaired) electrons. The number of para-hydroxylation sites is 1. The van der Waals surface area contributed by atoms with Crippen LogP contribution in [0.15, 0.2) is 54.6 Å². The summed E-state index contributed by atoms with van der Waals surface area (Å²) in [7, 11) is 0. The summed E-state index contributed by atoms with van der Waals surface area (Å²) >= 11 is 0. The molecule has 0 spiro atoms. The van der Waals surface area contributed by atoms with E-state index in [4.69, 9.17) is 0 Å². The lowest BCUT2D eigenvalue weighted by atomic mass is 9.95. The van der Waals surface area contributed by atoms with Gasteiger partial charge in [0, 0.05) is 11.0 Å². The zero-order valence-electron chi connectivity index (χ0n) is 13.7. The van der Waals surface area contributed by atoms with Crippen LogP contribution in [0.4, 0.5) is 13.2 Å². The molecule has 0 saturated carbocycles. The molecular weight excluding hydrogens is 327 g/mol. The Morgan fingerprint density at radius 2 is 1.60 bits per heavy atom. The van der Waals surface area contributed by atoms with Gasteiger partial charge in [-0.25, -0.2) is 0 Å². The molecule has 2 nitrogen and oxygen atoms in total. The Hall–Kier alpha value is -2.53. The highest BCUT2D eigenvalue weighted by atomic mass is 19.4. The summed E-state index contributed by atoms with van der Waals surface area (Å²) < 4.78 is 42.5. The summed E-state index contributed by atoms with van der Waals surface area (Å²) in [6, 6.07) is 14.1. The van der Waals surface area contributed by atoms with E-state index >= 15 is 0 Å². The highest BCUT2D eigenvalue weighted by molar-refractivity contribution is 5.96. The van der Waals surface area contributed by atoms with Gasteiger partial charge < -0.3 is 9.67 Å². The third kappa shape index (κ3) is 2.02. The first-order chi connectivity index (χ1) is 11.8. The Bertz CT molecular complexity index is 1030. The summed E-state index contributed by atoms with van der Waals surface area (Å²) in [6.07, 6.45) is -3.90. The van der Waals surface area contributed by atoms with Crippen molar-refractivity contribution in [3.63, 3.8) is 0 Å². The molecule has 1 aliphatic rings. The van der Waals surface area contributed by atoms with E-state index in [9.17, 15) is 18.3 Å². The number of aliphatic hydroxyl groups is 1. The van der Waals surface area contributed by atoms with E-state index in [1.54, 1.807) is 43.3 Å². The molecule has 128 valence electrons. The number of fused-ring (bicyclic) bond motifs is 3. The molecule has 2 aromatic carbocycles. The lowest BCUT2D eigenvalue weighted by molar-refractivity contribution is -0.272. The number of nitrogens with zero attached hydrogens (tertiary/aromatic N) is 1. The molecule has 1 aliphatic heterocycles. The van der Waals surface area contributed by atoms with Gasteiger partial charge in [0.1, 0.15) is 0 Å². The molecule has 5 heteroatoms. The molecular formula is C20H16F3NO. The van der Waals surface area contributed by atoms with Crippen molar-refractivity contribution >= 4 is 16.5 Å². The lowest BCUT2D eigenvalue weighted by Gasteiger charge is -2.27. The van der Waals surface area contributed by atoms with Gasteiger partial charge in [0.15, 0.2) is 0 Å². The minimum atomic E-state index is -4.83. The average molecular weight is 343 g/mol. The maximum Gasteiger partial charge on any atom is 0.441 e. The monoisotopic (exact) mass is 343 g/mol. The number of aryl methyl sites for hydroxylation is 2. The van der Waals surface area contributed by atoms with Crippen LogP contribution in [0.3, 0.4) is 0 Å². The van der Waals surface area contributed by atoms with Crippen LogP contribution in [-0.2, 0) is 5.72 Å². The Kier molecular flexibility index (Phi) is 3.19. The molecule has 0 saturated heterocycles. The summed E-state index contributed by atoms with van der Waals surface area (Å²) in [4.78, 5) is 0. The second-order valence-corrected chi connectivity index (χ2v) is 6.42. The molecule has 4 rings (SSSR count). The minimum absolute atomic E-state index is 0.370. The maximum absolute atomic E-state index is 13.8. The van der Waals surface area contributed by atoms with E-state index < -0.39 is 11.9 Å². The molecule has 3 aromatic rings. The zero-order chi connectivity index (χ0) is 18.0. The molecule has 0 aliphatic carbocycles. The molecule has 25 heavy (non-hydrogen) atoms. The number of hydrogen-bond acceptors (Lipinski definition) is 1. The molecule has 0 fully saturated rings. The molecule has 1 aromatic heterocycles. The third-order valence-corrected chi connectivity index (χ3v) is 4.92. The van der Waals surface area contributed by atoms with Gasteiger partial charge >= 0.3 is 6.18 Å². The van der Waals surface area contributed by atoms with Crippen LogP contribution in [0.25, 0.3) is 16.5 Å². The number of alkyl halides is 3. The van der Waals surface area contributed by atoms with Crippen LogP contribution in [0.1, 0.15) is 22.4 Å². The number of benzene rings is 2. The van der Waals surface area contributed by atoms with Crippen molar-refractivity contribution in [2.45, 2.75) is 25.7 Å². The van der Waals surface area contributed by atoms with Crippen molar-refractivity contribution in [1.29, 1.82) is 0 Å². The van der Waals surface area contributed by atoms with Crippen LogP contribution < -0.4 is 0 Å². The van der Waals surface area contributed by atoms with Crippen molar-refractivity contribution in [1.82, 2.24) is 4.57 Å². The van der Waals surface area contributed by atoms with E-state index in [-0.39, 0.29) is 0 Å². The second-order valence-electron chi connectivity index (χ2n) is 6.42. The fraction of sp³-hybridized carbons (Fsp3) is 0.200. The SMILES string of the molecule is Cc1ccccc1C1=CC(O)(C(F)(F)F)n2c1c(C)c1ccccc12. The van der Waals surface area contributed by atoms with Crippen molar-refractivity contribution < 1.29 is 18.3 Å². The smallest absolute Gasteiger partial charge is 0.360 e. The lowest BCUT2D eigenvalue weighted by Crippen LogP contribution is -2.44. The maximum atomic E-state index is 13.8. The first kappa shape index (κ1) is 16.0. The Morgan fingerprint density at radius 3 is 2.28 bits per heavy atom. The van der Waals surface area contributed by atoms with Crippen molar-refractivity contribution in [2.75, 3.05) is 0 Å². The van der Waals surface area contributed by atoms with Gasteiger partial charge in [-0.1, -0.05) is 42.5 Å². The van der Waals surface area contributed by atoms with Crippen LogP contribution in [-0.4, -0.2) is 15.8 Å². The molecule has 0 bridgehead atoms. The Morgan fingerprint density at radius 1 is 0.960 bits per heavy atom. The van der Waals surface area contributed by atoms with Crippen LogP contribution >= 0.6 is 0 Å². The van der Waals surface area contributed by atoms with Gasteiger partial charge in [-0.2, -0.15) is 13.2 Å². The summed E-state index contributed by atoms with van der Waals surface area (Å²) in [5.41, 5.74) is 0.404. The van der Waals surface area contributed by atoms with E-state index in [0.29, 0.717) is 27.7 Å². The van der Waals surface area contributed by atoms with E-state index in [1.165, 1.54) is 0 Å². The first-order valence-corrected chi connectivity index (χ1v) is 7.94.